The summed E-state index contributed by atoms with van der Waals surface area (Å²) in [4.78, 5) is 23.6. The minimum atomic E-state index is -3.62. The van der Waals surface area contributed by atoms with E-state index < -0.39 is 21.8 Å². The van der Waals surface area contributed by atoms with Gasteiger partial charge in [0.05, 0.1) is 4.90 Å². The summed E-state index contributed by atoms with van der Waals surface area (Å²) in [6.45, 7) is 8.48. The Morgan fingerprint density at radius 3 is 2.29 bits per heavy atom. The van der Waals surface area contributed by atoms with Gasteiger partial charge in [0.1, 0.15) is 0 Å². The van der Waals surface area contributed by atoms with Crippen LogP contribution in [0.1, 0.15) is 49.3 Å². The second-order valence-electron chi connectivity index (χ2n) is 7.40. The van der Waals surface area contributed by atoms with E-state index in [2.05, 4.69) is 10.6 Å². The second kappa shape index (κ2) is 9.52. The second-order valence-corrected chi connectivity index (χ2v) is 9.22. The highest BCUT2D eigenvalue weighted by molar-refractivity contribution is 7.89. The van der Waals surface area contributed by atoms with E-state index in [1.165, 1.54) is 0 Å². The number of rotatable bonds is 6. The summed E-state index contributed by atoms with van der Waals surface area (Å²) in [5, 5.41) is 5.03. The van der Waals surface area contributed by atoms with E-state index in [9.17, 15) is 18.0 Å². The SMILES string of the molecule is CCNC(=O)C(=O)NCCC1CCCCN1S(=O)(=O)c1c(C)cc(C)cc1C. The fourth-order valence-electron chi connectivity index (χ4n) is 3.94. The summed E-state index contributed by atoms with van der Waals surface area (Å²) in [6, 6.07) is 3.60. The minimum Gasteiger partial charge on any atom is -0.348 e. The average molecular weight is 410 g/mol. The lowest BCUT2D eigenvalue weighted by molar-refractivity contribution is -0.139. The molecule has 1 aromatic carbocycles. The van der Waals surface area contributed by atoms with E-state index in [1.807, 2.05) is 32.9 Å². The first-order valence-electron chi connectivity index (χ1n) is 9.84. The average Bonchev–Trinajstić information content (AvgIpc) is 2.61. The predicted molar refractivity (Wildman–Crippen MR) is 108 cm³/mol. The molecule has 0 saturated carbocycles. The number of hydrogen-bond donors (Lipinski definition) is 2. The summed E-state index contributed by atoms with van der Waals surface area (Å²) in [5.74, 6) is -1.35. The number of carbonyl (C=O) groups excluding carboxylic acids is 2. The Morgan fingerprint density at radius 2 is 1.68 bits per heavy atom. The van der Waals surface area contributed by atoms with Crippen molar-refractivity contribution in [3.63, 3.8) is 0 Å². The standard InChI is InChI=1S/C20H31N3O4S/c1-5-21-19(24)20(25)22-10-9-17-8-6-7-11-23(17)28(26,27)18-15(3)12-14(2)13-16(18)4/h12-13,17H,5-11H2,1-4H3,(H,21,24)(H,22,25). The van der Waals surface area contributed by atoms with E-state index in [0.29, 0.717) is 24.4 Å². The van der Waals surface area contributed by atoms with Crippen molar-refractivity contribution >= 4 is 21.8 Å². The van der Waals surface area contributed by atoms with Crippen LogP contribution in [0.2, 0.25) is 0 Å². The number of likely N-dealkylation sites (N-methyl/N-ethyl adjacent to an activating group) is 1. The molecule has 1 heterocycles. The van der Waals surface area contributed by atoms with Crippen molar-refractivity contribution in [2.24, 2.45) is 0 Å². The molecule has 0 aliphatic carbocycles. The highest BCUT2D eigenvalue weighted by atomic mass is 32.2. The van der Waals surface area contributed by atoms with Gasteiger partial charge in [0.2, 0.25) is 10.0 Å². The van der Waals surface area contributed by atoms with Crippen molar-refractivity contribution in [1.82, 2.24) is 14.9 Å². The van der Waals surface area contributed by atoms with Crippen LogP contribution in [-0.2, 0) is 19.6 Å². The molecule has 156 valence electrons. The molecule has 1 atom stereocenters. The van der Waals surface area contributed by atoms with Crippen molar-refractivity contribution in [3.05, 3.63) is 28.8 Å². The van der Waals surface area contributed by atoms with Gasteiger partial charge in [-0.3, -0.25) is 9.59 Å². The summed E-state index contributed by atoms with van der Waals surface area (Å²) in [7, 11) is -3.62. The van der Waals surface area contributed by atoms with Crippen molar-refractivity contribution in [3.8, 4) is 0 Å². The first-order chi connectivity index (χ1) is 13.2. The minimum absolute atomic E-state index is 0.187. The van der Waals surface area contributed by atoms with E-state index in [-0.39, 0.29) is 12.6 Å². The smallest absolute Gasteiger partial charge is 0.309 e. The van der Waals surface area contributed by atoms with Gasteiger partial charge in [-0.2, -0.15) is 4.31 Å². The number of piperidine rings is 1. The maximum absolute atomic E-state index is 13.4. The zero-order valence-electron chi connectivity index (χ0n) is 17.2. The lowest BCUT2D eigenvalue weighted by Gasteiger charge is -2.35. The Morgan fingerprint density at radius 1 is 1.07 bits per heavy atom. The van der Waals surface area contributed by atoms with Crippen LogP contribution in [0, 0.1) is 20.8 Å². The molecule has 0 radical (unpaired) electrons. The third-order valence-corrected chi connectivity index (χ3v) is 7.31. The Labute approximate surface area is 167 Å². The summed E-state index contributed by atoms with van der Waals surface area (Å²) < 4.78 is 28.4. The fourth-order valence-corrected chi connectivity index (χ4v) is 6.08. The van der Waals surface area contributed by atoms with E-state index in [0.717, 1.165) is 36.0 Å². The van der Waals surface area contributed by atoms with E-state index in [1.54, 1.807) is 11.2 Å². The predicted octanol–water partition coefficient (Wildman–Crippen LogP) is 1.80. The van der Waals surface area contributed by atoms with Gasteiger partial charge in [0.25, 0.3) is 0 Å². The van der Waals surface area contributed by atoms with Crippen LogP contribution in [0.5, 0.6) is 0 Å². The third kappa shape index (κ3) is 5.11. The van der Waals surface area contributed by atoms with Crippen LogP contribution < -0.4 is 10.6 Å². The van der Waals surface area contributed by atoms with Crippen molar-refractivity contribution in [1.29, 1.82) is 0 Å². The number of nitrogens with one attached hydrogen (secondary N) is 2. The molecule has 0 bridgehead atoms. The van der Waals surface area contributed by atoms with Crippen LogP contribution >= 0.6 is 0 Å². The summed E-state index contributed by atoms with van der Waals surface area (Å²) in [6.07, 6.45) is 3.01. The molecule has 2 rings (SSSR count). The van der Waals surface area contributed by atoms with E-state index >= 15 is 0 Å². The molecule has 1 unspecified atom stereocenters. The van der Waals surface area contributed by atoms with Gasteiger partial charge in [-0.15, -0.1) is 0 Å². The number of amides is 2. The largest absolute Gasteiger partial charge is 0.348 e. The summed E-state index contributed by atoms with van der Waals surface area (Å²) >= 11 is 0. The number of hydrogen-bond acceptors (Lipinski definition) is 4. The van der Waals surface area contributed by atoms with Crippen molar-refractivity contribution < 1.29 is 18.0 Å². The van der Waals surface area contributed by atoms with Gasteiger partial charge in [-0.05, 0) is 58.1 Å². The quantitative estimate of drug-likeness (QED) is 0.701. The van der Waals surface area contributed by atoms with Gasteiger partial charge >= 0.3 is 11.8 Å². The molecule has 1 fully saturated rings. The number of aryl methyl sites for hydroxylation is 3. The van der Waals surface area contributed by atoms with Crippen LogP contribution in [0.4, 0.5) is 0 Å². The molecule has 1 saturated heterocycles. The highest BCUT2D eigenvalue weighted by Gasteiger charge is 2.35. The zero-order chi connectivity index (χ0) is 20.9. The Bertz CT molecular complexity index is 813. The number of benzene rings is 1. The van der Waals surface area contributed by atoms with Crippen molar-refractivity contribution in [2.45, 2.75) is 64.3 Å². The summed E-state index contributed by atoms with van der Waals surface area (Å²) in [5.41, 5.74) is 2.55. The molecule has 2 amide bonds. The molecule has 0 spiro atoms. The van der Waals surface area contributed by atoms with E-state index in [4.69, 9.17) is 0 Å². The van der Waals surface area contributed by atoms with Gasteiger partial charge < -0.3 is 10.6 Å². The zero-order valence-corrected chi connectivity index (χ0v) is 18.0. The maximum Gasteiger partial charge on any atom is 0.309 e. The van der Waals surface area contributed by atoms with Crippen LogP contribution in [-0.4, -0.2) is 50.2 Å². The fraction of sp³-hybridized carbons (Fsp3) is 0.600. The number of carbonyl (C=O) groups is 2. The van der Waals surface area contributed by atoms with Gasteiger partial charge in [0, 0.05) is 25.7 Å². The van der Waals surface area contributed by atoms with Gasteiger partial charge in [-0.25, -0.2) is 8.42 Å². The molecule has 0 aromatic heterocycles. The lowest BCUT2D eigenvalue weighted by Crippen LogP contribution is -2.46. The van der Waals surface area contributed by atoms with Crippen molar-refractivity contribution in [2.75, 3.05) is 19.6 Å². The van der Waals surface area contributed by atoms with Gasteiger partial charge in [0.15, 0.2) is 0 Å². The maximum atomic E-state index is 13.4. The third-order valence-electron chi connectivity index (χ3n) is 5.05. The Kier molecular flexibility index (Phi) is 7.60. The first kappa shape index (κ1) is 22.4. The van der Waals surface area contributed by atoms with Gasteiger partial charge in [-0.1, -0.05) is 24.1 Å². The Hall–Kier alpha value is -1.93. The number of sulfonamides is 1. The first-order valence-corrected chi connectivity index (χ1v) is 11.3. The van der Waals surface area contributed by atoms with Crippen LogP contribution in [0.3, 0.4) is 0 Å². The van der Waals surface area contributed by atoms with Crippen LogP contribution in [0.25, 0.3) is 0 Å². The Balaban J connectivity index is 2.14. The molecule has 1 aliphatic heterocycles. The topological polar surface area (TPSA) is 95.6 Å². The molecular weight excluding hydrogens is 378 g/mol. The molecule has 8 heteroatoms. The molecular formula is C20H31N3O4S. The number of nitrogens with zero attached hydrogens (tertiary/aromatic N) is 1. The molecule has 28 heavy (non-hydrogen) atoms. The lowest BCUT2D eigenvalue weighted by atomic mass is 10.0. The van der Waals surface area contributed by atoms with Crippen LogP contribution in [0.15, 0.2) is 17.0 Å². The molecule has 1 aliphatic rings. The monoisotopic (exact) mass is 409 g/mol. The molecule has 1 aromatic rings. The highest BCUT2D eigenvalue weighted by Crippen LogP contribution is 2.31. The normalized spacial score (nSPS) is 17.9. The molecule has 7 nitrogen and oxygen atoms in total. The molecule has 2 N–H and O–H groups in total.